The quantitative estimate of drug-likeness (QED) is 0.542. The van der Waals surface area contributed by atoms with Gasteiger partial charge in [-0.25, -0.2) is 13.1 Å². The van der Waals surface area contributed by atoms with Crippen molar-refractivity contribution in [2.75, 3.05) is 13.3 Å². The molecule has 0 aromatic rings. The molecule has 0 aromatic heterocycles. The van der Waals surface area contributed by atoms with Crippen LogP contribution in [0.15, 0.2) is 0 Å². The molecule has 4 heteroatoms. The number of rotatable bonds is 1. The highest BCUT2D eigenvalue weighted by Gasteiger charge is 1.88. The molecule has 0 aromatic carbocycles. The average molecular weight is 128 g/mol. The van der Waals surface area contributed by atoms with E-state index in [1.54, 1.807) is 0 Å². The molecule has 0 aliphatic carbocycles. The summed E-state index contributed by atoms with van der Waals surface area (Å²) in [7, 11) is -1.54. The number of nitrogens with one attached hydrogen (secondary N) is 1. The largest absolute Gasteiger partial charge is 0.219 e. The van der Waals surface area contributed by atoms with E-state index in [-0.39, 0.29) is 8.85 Å². The molecular formula is C3H13NO2S. The topological polar surface area (TPSA) is 46.2 Å². The third kappa shape index (κ3) is 10.7. The van der Waals surface area contributed by atoms with E-state index < -0.39 is 10.0 Å². The van der Waals surface area contributed by atoms with E-state index in [9.17, 15) is 8.42 Å². The van der Waals surface area contributed by atoms with Crippen molar-refractivity contribution in [3.05, 3.63) is 0 Å². The summed E-state index contributed by atoms with van der Waals surface area (Å²) in [4.78, 5) is 0. The van der Waals surface area contributed by atoms with Gasteiger partial charge < -0.3 is 0 Å². The number of sulfonamides is 1. The zero-order valence-electron chi connectivity index (χ0n) is 3.72. The van der Waals surface area contributed by atoms with Gasteiger partial charge in [-0.3, -0.25) is 0 Å². The maximum absolute atomic E-state index is 9.89. The smallest absolute Gasteiger partial charge is 0.208 e. The van der Waals surface area contributed by atoms with Gasteiger partial charge in [0.2, 0.25) is 10.0 Å². The zero-order valence-corrected chi connectivity index (χ0v) is 4.54. The minimum Gasteiger partial charge on any atom is -0.219 e. The predicted octanol–water partition coefficient (Wildman–Crippen LogP) is 0.0475. The third-order valence-electron chi connectivity index (χ3n) is 0.371. The fraction of sp³-hybridized carbons (Fsp3) is 1.00. The van der Waals surface area contributed by atoms with E-state index in [1.807, 2.05) is 0 Å². The van der Waals surface area contributed by atoms with Crippen LogP contribution in [-0.2, 0) is 10.0 Å². The van der Waals surface area contributed by atoms with Crippen LogP contribution in [0.1, 0.15) is 8.85 Å². The Morgan fingerprint density at radius 1 is 1.57 bits per heavy atom. The first-order valence-corrected chi connectivity index (χ1v) is 3.34. The molecule has 0 spiro atoms. The van der Waals surface area contributed by atoms with E-state index in [1.165, 1.54) is 7.05 Å². The van der Waals surface area contributed by atoms with E-state index in [0.717, 1.165) is 6.26 Å². The summed E-state index contributed by atoms with van der Waals surface area (Å²) in [6.45, 7) is 0. The van der Waals surface area contributed by atoms with Crippen molar-refractivity contribution in [3.63, 3.8) is 0 Å². The molecule has 0 bridgehead atoms. The fourth-order valence-electron chi connectivity index (χ4n) is 0. The highest BCUT2D eigenvalue weighted by Crippen LogP contribution is 1.62. The van der Waals surface area contributed by atoms with Crippen molar-refractivity contribution < 1.29 is 9.84 Å². The van der Waals surface area contributed by atoms with Gasteiger partial charge in [-0.05, 0) is 7.05 Å². The predicted molar refractivity (Wildman–Crippen MR) is 32.7 cm³/mol. The van der Waals surface area contributed by atoms with Gasteiger partial charge in [0.05, 0.1) is 6.26 Å². The van der Waals surface area contributed by atoms with E-state index >= 15 is 0 Å². The Labute approximate surface area is 46.3 Å². The highest BCUT2D eigenvalue weighted by molar-refractivity contribution is 7.88. The Bertz CT molecular complexity index is 119. The van der Waals surface area contributed by atoms with Crippen molar-refractivity contribution in [1.82, 2.24) is 4.72 Å². The molecule has 0 rings (SSSR count). The standard InChI is InChI=1S/C2H7NO2S.CH4.H2/c1-3-6(2,4)5;;/h3H,1-2H3;1H4;1H/i;;1+1. The summed E-state index contributed by atoms with van der Waals surface area (Å²) < 4.78 is 21.9. The summed E-state index contributed by atoms with van der Waals surface area (Å²) in [5.74, 6) is 0. The van der Waals surface area contributed by atoms with Crippen LogP contribution in [0.3, 0.4) is 0 Å². The van der Waals surface area contributed by atoms with Gasteiger partial charge in [-0.15, -0.1) is 0 Å². The van der Waals surface area contributed by atoms with Gasteiger partial charge in [0.1, 0.15) is 0 Å². The maximum Gasteiger partial charge on any atom is 0.208 e. The molecule has 0 radical (unpaired) electrons. The third-order valence-corrected chi connectivity index (χ3v) is 1.11. The first-order chi connectivity index (χ1) is 2.56. The van der Waals surface area contributed by atoms with E-state index in [2.05, 4.69) is 4.72 Å². The van der Waals surface area contributed by atoms with Crippen molar-refractivity contribution in [2.24, 2.45) is 0 Å². The van der Waals surface area contributed by atoms with Crippen molar-refractivity contribution in [3.8, 4) is 0 Å². The molecular weight excluding hydrogens is 114 g/mol. The molecule has 0 fully saturated rings. The zero-order chi connectivity index (χ0) is 5.21. The fourth-order valence-corrected chi connectivity index (χ4v) is 0. The van der Waals surface area contributed by atoms with Gasteiger partial charge in [0.25, 0.3) is 0 Å². The molecule has 0 amide bonds. The van der Waals surface area contributed by atoms with Crippen LogP contribution in [0.25, 0.3) is 0 Å². The van der Waals surface area contributed by atoms with Gasteiger partial charge in [-0.1, -0.05) is 7.43 Å². The minimum atomic E-state index is -2.91. The van der Waals surface area contributed by atoms with Crippen molar-refractivity contribution >= 4 is 10.0 Å². The lowest BCUT2D eigenvalue weighted by molar-refractivity contribution is 0.594. The van der Waals surface area contributed by atoms with Crippen LogP contribution in [-0.4, -0.2) is 21.7 Å². The molecule has 0 aliphatic rings. The molecule has 48 valence electrons. The molecule has 0 unspecified atom stereocenters. The first kappa shape index (κ1) is 10.0. The summed E-state index contributed by atoms with van der Waals surface area (Å²) in [6.07, 6.45) is 1.10. The van der Waals surface area contributed by atoms with Crippen LogP contribution in [0.2, 0.25) is 0 Å². The minimum absolute atomic E-state index is 0. The molecule has 7 heavy (non-hydrogen) atoms. The van der Waals surface area contributed by atoms with Crippen LogP contribution >= 0.6 is 0 Å². The summed E-state index contributed by atoms with van der Waals surface area (Å²) in [5.41, 5.74) is 0. The Balaban J connectivity index is -0.000000125. The molecule has 0 atom stereocenters. The molecule has 1 N–H and O–H groups in total. The Morgan fingerprint density at radius 2 is 1.71 bits per heavy atom. The lowest BCUT2D eigenvalue weighted by Crippen LogP contribution is -2.15. The Morgan fingerprint density at radius 3 is 1.71 bits per heavy atom. The summed E-state index contributed by atoms with van der Waals surface area (Å²) >= 11 is 0. The second kappa shape index (κ2) is 2.98. The van der Waals surface area contributed by atoms with Gasteiger partial charge in [0.15, 0.2) is 0 Å². The lowest BCUT2D eigenvalue weighted by atomic mass is 11.6. The number of hydrogen-bond acceptors (Lipinski definition) is 2. The monoisotopic (exact) mass is 128 g/mol. The Kier molecular flexibility index (Phi) is 4.27. The van der Waals surface area contributed by atoms with Crippen LogP contribution < -0.4 is 4.72 Å². The molecule has 0 aliphatic heterocycles. The number of hydrogen-bond donors (Lipinski definition) is 1. The van der Waals surface area contributed by atoms with Crippen LogP contribution in [0, 0.1) is 0 Å². The van der Waals surface area contributed by atoms with Gasteiger partial charge in [-0.2, -0.15) is 0 Å². The van der Waals surface area contributed by atoms with Crippen LogP contribution in [0.4, 0.5) is 0 Å². The summed E-state index contributed by atoms with van der Waals surface area (Å²) in [5, 5.41) is 0. The molecule has 0 saturated carbocycles. The molecule has 0 heterocycles. The van der Waals surface area contributed by atoms with E-state index in [0.29, 0.717) is 0 Å². The second-order valence-electron chi connectivity index (χ2n) is 0.976. The van der Waals surface area contributed by atoms with Gasteiger partial charge >= 0.3 is 0 Å². The van der Waals surface area contributed by atoms with E-state index in [4.69, 9.17) is 0 Å². The van der Waals surface area contributed by atoms with Crippen molar-refractivity contribution in [1.29, 1.82) is 0 Å². The lowest BCUT2D eigenvalue weighted by Gasteiger charge is -1.85. The SMILES string of the molecule is C.CNS(C)(=O)=O.[2HH]. The molecule has 0 saturated heterocycles. The van der Waals surface area contributed by atoms with Crippen LogP contribution in [0.5, 0.6) is 0 Å². The Hall–Kier alpha value is -0.0900. The average Bonchev–Trinajstić information content (AvgIpc) is 1.35. The highest BCUT2D eigenvalue weighted by atomic mass is 32.2. The normalized spacial score (nSPS) is 10.0. The van der Waals surface area contributed by atoms with Crippen molar-refractivity contribution in [2.45, 2.75) is 7.43 Å². The first-order valence-electron chi connectivity index (χ1n) is 1.45. The maximum atomic E-state index is 9.89. The molecule has 3 nitrogen and oxygen atoms in total. The summed E-state index contributed by atoms with van der Waals surface area (Å²) in [6, 6.07) is 0. The second-order valence-corrected chi connectivity index (χ2v) is 2.93. The van der Waals surface area contributed by atoms with Gasteiger partial charge in [0, 0.05) is 1.43 Å².